The zero-order valence-corrected chi connectivity index (χ0v) is 13.4. The molecule has 2 aliphatic rings. The standard InChI is InChI=1S/C22H22/c1-3-15-13-20(16-9-5-6-10-16)21-14-17-11-7-8-12-19(17)22(21)18(15)4-2/h5-9,11-13H,3-4,10,14H2,1-2H3. The molecule has 4 rings (SSSR count). The van der Waals surface area contributed by atoms with Gasteiger partial charge in [0.25, 0.3) is 0 Å². The van der Waals surface area contributed by atoms with Crippen LogP contribution in [0.5, 0.6) is 0 Å². The first-order chi connectivity index (χ1) is 10.8. The molecule has 0 N–H and O–H groups in total. The highest BCUT2D eigenvalue weighted by Crippen LogP contribution is 2.45. The lowest BCUT2D eigenvalue weighted by Crippen LogP contribution is -2.01. The van der Waals surface area contributed by atoms with Crippen molar-refractivity contribution in [3.8, 4) is 11.1 Å². The molecule has 110 valence electrons. The van der Waals surface area contributed by atoms with Gasteiger partial charge in [0.2, 0.25) is 0 Å². The third kappa shape index (κ3) is 1.90. The van der Waals surface area contributed by atoms with Crippen LogP contribution < -0.4 is 0 Å². The molecule has 0 bridgehead atoms. The SMILES string of the molecule is CCc1cc(C2=CC=CC2)c2c(c1CC)-c1ccccc1C2. The summed E-state index contributed by atoms with van der Waals surface area (Å²) in [7, 11) is 0. The Balaban J connectivity index is 2.02. The molecule has 2 aromatic rings. The van der Waals surface area contributed by atoms with Gasteiger partial charge in [-0.1, -0.05) is 62.4 Å². The number of rotatable bonds is 3. The normalized spacial score (nSPS) is 14.9. The van der Waals surface area contributed by atoms with E-state index in [9.17, 15) is 0 Å². The van der Waals surface area contributed by atoms with E-state index in [0.29, 0.717) is 0 Å². The van der Waals surface area contributed by atoms with Crippen LogP contribution in [-0.4, -0.2) is 0 Å². The fourth-order valence-corrected chi connectivity index (χ4v) is 4.10. The lowest BCUT2D eigenvalue weighted by molar-refractivity contribution is 1.03. The molecule has 2 aromatic carbocycles. The van der Waals surface area contributed by atoms with Crippen molar-refractivity contribution in [1.82, 2.24) is 0 Å². The highest BCUT2D eigenvalue weighted by molar-refractivity contribution is 5.87. The molecule has 0 heterocycles. The molecular formula is C22H22. The summed E-state index contributed by atoms with van der Waals surface area (Å²) in [4.78, 5) is 0. The van der Waals surface area contributed by atoms with E-state index in [-0.39, 0.29) is 0 Å². The number of fused-ring (bicyclic) bond motifs is 3. The van der Waals surface area contributed by atoms with Gasteiger partial charge in [0.05, 0.1) is 0 Å². The maximum absolute atomic E-state index is 2.47. The average Bonchev–Trinajstić information content (AvgIpc) is 3.21. The van der Waals surface area contributed by atoms with E-state index in [1.807, 2.05) is 0 Å². The van der Waals surface area contributed by atoms with Crippen molar-refractivity contribution >= 4 is 5.57 Å². The second-order valence-electron chi connectivity index (χ2n) is 6.28. The third-order valence-electron chi connectivity index (χ3n) is 5.14. The number of hydrogen-bond acceptors (Lipinski definition) is 0. The summed E-state index contributed by atoms with van der Waals surface area (Å²) in [6.45, 7) is 4.58. The molecule has 2 aliphatic carbocycles. The van der Waals surface area contributed by atoms with Gasteiger partial charge in [-0.05, 0) is 70.2 Å². The van der Waals surface area contributed by atoms with E-state index in [0.717, 1.165) is 25.7 Å². The molecule has 0 nitrogen and oxygen atoms in total. The molecule has 0 heteroatoms. The van der Waals surface area contributed by atoms with Crippen LogP contribution in [0.1, 0.15) is 48.1 Å². The smallest absolute Gasteiger partial charge is 0.000729 e. The van der Waals surface area contributed by atoms with E-state index in [1.165, 1.54) is 27.8 Å². The average molecular weight is 286 g/mol. The quantitative estimate of drug-likeness (QED) is 0.577. The number of hydrogen-bond donors (Lipinski definition) is 0. The minimum absolute atomic E-state index is 1.08. The molecule has 0 saturated heterocycles. The van der Waals surface area contributed by atoms with Crippen LogP contribution in [0.3, 0.4) is 0 Å². The van der Waals surface area contributed by atoms with E-state index in [1.54, 1.807) is 16.7 Å². The Kier molecular flexibility index (Phi) is 3.26. The highest BCUT2D eigenvalue weighted by atomic mass is 14.3. The van der Waals surface area contributed by atoms with Crippen LogP contribution in [0.4, 0.5) is 0 Å². The van der Waals surface area contributed by atoms with E-state index >= 15 is 0 Å². The summed E-state index contributed by atoms with van der Waals surface area (Å²) in [5.74, 6) is 0. The van der Waals surface area contributed by atoms with Gasteiger partial charge in [0, 0.05) is 0 Å². The first kappa shape index (κ1) is 13.6. The molecule has 0 fully saturated rings. The molecular weight excluding hydrogens is 264 g/mol. The fraction of sp³-hybridized carbons (Fsp3) is 0.273. The summed E-state index contributed by atoms with van der Waals surface area (Å²) < 4.78 is 0. The van der Waals surface area contributed by atoms with Gasteiger partial charge < -0.3 is 0 Å². The van der Waals surface area contributed by atoms with Gasteiger partial charge in [-0.15, -0.1) is 0 Å². The predicted molar refractivity (Wildman–Crippen MR) is 95.2 cm³/mol. The molecule has 0 amide bonds. The largest absolute Gasteiger partial charge is 0.0801 e. The van der Waals surface area contributed by atoms with Crippen LogP contribution in [0.25, 0.3) is 16.7 Å². The molecule has 0 aliphatic heterocycles. The Morgan fingerprint density at radius 1 is 1.00 bits per heavy atom. The first-order valence-corrected chi connectivity index (χ1v) is 8.45. The predicted octanol–water partition coefficient (Wildman–Crippen LogP) is 5.73. The van der Waals surface area contributed by atoms with Crippen LogP contribution in [0.2, 0.25) is 0 Å². The molecule has 0 aromatic heterocycles. The van der Waals surface area contributed by atoms with E-state index in [2.05, 4.69) is 62.4 Å². The van der Waals surface area contributed by atoms with Crippen molar-refractivity contribution in [2.24, 2.45) is 0 Å². The molecule has 22 heavy (non-hydrogen) atoms. The second-order valence-corrected chi connectivity index (χ2v) is 6.28. The van der Waals surface area contributed by atoms with Crippen LogP contribution in [0.15, 0.2) is 48.6 Å². The van der Waals surface area contributed by atoms with Crippen molar-refractivity contribution in [3.63, 3.8) is 0 Å². The minimum Gasteiger partial charge on any atom is -0.0801 e. The van der Waals surface area contributed by atoms with E-state index < -0.39 is 0 Å². The summed E-state index contributed by atoms with van der Waals surface area (Å²) in [5.41, 5.74) is 12.1. The van der Waals surface area contributed by atoms with Crippen molar-refractivity contribution in [1.29, 1.82) is 0 Å². The van der Waals surface area contributed by atoms with Crippen LogP contribution in [-0.2, 0) is 19.3 Å². The van der Waals surface area contributed by atoms with Gasteiger partial charge >= 0.3 is 0 Å². The molecule has 0 atom stereocenters. The molecule has 0 unspecified atom stereocenters. The summed E-state index contributed by atoms with van der Waals surface area (Å²) in [5, 5.41) is 0. The number of aryl methyl sites for hydroxylation is 1. The summed E-state index contributed by atoms with van der Waals surface area (Å²) in [6.07, 6.45) is 11.2. The van der Waals surface area contributed by atoms with E-state index in [4.69, 9.17) is 0 Å². The Morgan fingerprint density at radius 2 is 1.86 bits per heavy atom. The Hall–Kier alpha value is -2.08. The van der Waals surface area contributed by atoms with Crippen molar-refractivity contribution in [2.45, 2.75) is 39.5 Å². The lowest BCUT2D eigenvalue weighted by Gasteiger charge is -2.18. The van der Waals surface area contributed by atoms with Gasteiger partial charge in [0.15, 0.2) is 0 Å². The summed E-state index contributed by atoms with van der Waals surface area (Å²) >= 11 is 0. The van der Waals surface area contributed by atoms with Gasteiger partial charge in [-0.3, -0.25) is 0 Å². The van der Waals surface area contributed by atoms with Gasteiger partial charge in [-0.25, -0.2) is 0 Å². The fourth-order valence-electron chi connectivity index (χ4n) is 4.10. The maximum atomic E-state index is 2.47. The zero-order valence-electron chi connectivity index (χ0n) is 13.4. The van der Waals surface area contributed by atoms with Gasteiger partial charge in [0.1, 0.15) is 0 Å². The number of allylic oxidation sites excluding steroid dienone is 4. The molecule has 0 spiro atoms. The van der Waals surface area contributed by atoms with Crippen molar-refractivity contribution in [3.05, 3.63) is 76.4 Å². The lowest BCUT2D eigenvalue weighted by atomic mass is 9.86. The van der Waals surface area contributed by atoms with Crippen LogP contribution >= 0.6 is 0 Å². The zero-order chi connectivity index (χ0) is 15.1. The van der Waals surface area contributed by atoms with Gasteiger partial charge in [-0.2, -0.15) is 0 Å². The molecule has 0 radical (unpaired) electrons. The topological polar surface area (TPSA) is 0 Å². The Labute approximate surface area is 133 Å². The summed E-state index contributed by atoms with van der Waals surface area (Å²) in [6, 6.07) is 11.4. The highest BCUT2D eigenvalue weighted by Gasteiger charge is 2.26. The number of benzene rings is 2. The Bertz CT molecular complexity index is 803. The monoisotopic (exact) mass is 286 g/mol. The third-order valence-corrected chi connectivity index (χ3v) is 5.14. The first-order valence-electron chi connectivity index (χ1n) is 8.45. The van der Waals surface area contributed by atoms with Crippen molar-refractivity contribution < 1.29 is 0 Å². The van der Waals surface area contributed by atoms with Crippen molar-refractivity contribution in [2.75, 3.05) is 0 Å². The minimum atomic E-state index is 1.08. The van der Waals surface area contributed by atoms with Crippen LogP contribution in [0, 0.1) is 0 Å². The maximum Gasteiger partial charge on any atom is -0.000729 e. The molecule has 0 saturated carbocycles. The second kappa shape index (κ2) is 5.28. The Morgan fingerprint density at radius 3 is 2.59 bits per heavy atom.